The fourth-order valence-electron chi connectivity index (χ4n) is 1.81. The zero-order chi connectivity index (χ0) is 12.5. The first-order chi connectivity index (χ1) is 8.75. The number of aromatic nitrogens is 1. The molecule has 0 saturated heterocycles. The predicted octanol–water partition coefficient (Wildman–Crippen LogP) is 5.14. The maximum absolute atomic E-state index is 5.39. The molecule has 0 amide bonds. The Morgan fingerprint density at radius 1 is 1.17 bits per heavy atom. The van der Waals surface area contributed by atoms with Gasteiger partial charge in [-0.2, -0.15) is 0 Å². The molecule has 0 fully saturated rings. The molecule has 3 aromatic rings. The molecule has 3 rings (SSSR count). The van der Waals surface area contributed by atoms with Crippen LogP contribution in [0.15, 0.2) is 51.6 Å². The Bertz CT molecular complexity index is 673. The predicted molar refractivity (Wildman–Crippen MR) is 77.7 cm³/mol. The second-order valence-electron chi connectivity index (χ2n) is 3.88. The van der Waals surface area contributed by atoms with Crippen molar-refractivity contribution >= 4 is 27.3 Å². The first-order valence-corrected chi connectivity index (χ1v) is 7.13. The lowest BCUT2D eigenvalue weighted by Crippen LogP contribution is -1.82. The minimum Gasteiger partial charge on any atom is -0.462 e. The second kappa shape index (κ2) is 4.71. The van der Waals surface area contributed by atoms with Crippen molar-refractivity contribution in [3.8, 4) is 22.0 Å². The van der Waals surface area contributed by atoms with E-state index in [0.717, 1.165) is 26.5 Å². The summed E-state index contributed by atoms with van der Waals surface area (Å²) >= 11 is 5.22. The van der Waals surface area contributed by atoms with E-state index in [9.17, 15) is 0 Å². The molecule has 2 aromatic heterocycles. The lowest BCUT2D eigenvalue weighted by atomic mass is 10.1. The highest BCUT2D eigenvalue weighted by molar-refractivity contribution is 9.10. The molecule has 0 atom stereocenters. The number of rotatable bonds is 2. The lowest BCUT2D eigenvalue weighted by Gasteiger charge is -2.01. The molecule has 0 radical (unpaired) electrons. The van der Waals surface area contributed by atoms with Crippen LogP contribution >= 0.6 is 27.3 Å². The molecule has 2 nitrogen and oxygen atoms in total. The van der Waals surface area contributed by atoms with Gasteiger partial charge >= 0.3 is 0 Å². The van der Waals surface area contributed by atoms with Crippen LogP contribution in [0.2, 0.25) is 0 Å². The average Bonchev–Trinajstić information content (AvgIpc) is 2.99. The van der Waals surface area contributed by atoms with Crippen LogP contribution in [0.5, 0.6) is 0 Å². The molecule has 0 unspecified atom stereocenters. The highest BCUT2D eigenvalue weighted by Crippen LogP contribution is 2.36. The van der Waals surface area contributed by atoms with Crippen molar-refractivity contribution in [3.05, 3.63) is 52.0 Å². The SMILES string of the molecule is Cc1sc(-c2ccco2)nc1-c1ccccc1Br. The summed E-state index contributed by atoms with van der Waals surface area (Å²) in [6.45, 7) is 2.08. The smallest absolute Gasteiger partial charge is 0.162 e. The van der Waals surface area contributed by atoms with E-state index in [2.05, 4.69) is 33.9 Å². The Labute approximate surface area is 117 Å². The van der Waals surface area contributed by atoms with Crippen molar-refractivity contribution in [1.29, 1.82) is 0 Å². The Balaban J connectivity index is 2.12. The standard InChI is InChI=1S/C14H10BrNOS/c1-9-13(10-5-2-3-6-11(10)15)16-14(18-9)12-7-4-8-17-12/h2-8H,1H3. The van der Waals surface area contributed by atoms with Gasteiger partial charge in [0.05, 0.1) is 12.0 Å². The second-order valence-corrected chi connectivity index (χ2v) is 5.94. The summed E-state index contributed by atoms with van der Waals surface area (Å²) in [5.74, 6) is 0.821. The molecule has 18 heavy (non-hydrogen) atoms. The molecule has 4 heteroatoms. The number of hydrogen-bond acceptors (Lipinski definition) is 3. The van der Waals surface area contributed by atoms with Gasteiger partial charge in [0.25, 0.3) is 0 Å². The lowest BCUT2D eigenvalue weighted by molar-refractivity contribution is 0.582. The summed E-state index contributed by atoms with van der Waals surface area (Å²) in [5, 5.41) is 0.920. The van der Waals surface area contributed by atoms with E-state index in [1.807, 2.05) is 30.3 Å². The molecule has 0 aliphatic heterocycles. The molecule has 90 valence electrons. The van der Waals surface area contributed by atoms with Gasteiger partial charge in [0, 0.05) is 14.9 Å². The Hall–Kier alpha value is -1.39. The van der Waals surface area contributed by atoms with Crippen LogP contribution < -0.4 is 0 Å². The summed E-state index contributed by atoms with van der Waals surface area (Å²) < 4.78 is 6.45. The number of hydrogen-bond donors (Lipinski definition) is 0. The van der Waals surface area contributed by atoms with Crippen molar-refractivity contribution in [3.63, 3.8) is 0 Å². The third kappa shape index (κ3) is 2.02. The minimum atomic E-state index is 0.821. The number of aryl methyl sites for hydroxylation is 1. The van der Waals surface area contributed by atoms with E-state index in [4.69, 9.17) is 4.42 Å². The van der Waals surface area contributed by atoms with Gasteiger partial charge in [-0.3, -0.25) is 0 Å². The maximum atomic E-state index is 5.39. The molecule has 2 heterocycles. The molecule has 0 spiro atoms. The fraction of sp³-hybridized carbons (Fsp3) is 0.0714. The Morgan fingerprint density at radius 2 is 2.00 bits per heavy atom. The fourth-order valence-corrected chi connectivity index (χ4v) is 3.17. The number of benzene rings is 1. The molecule has 0 bridgehead atoms. The van der Waals surface area contributed by atoms with Crippen LogP contribution in [0.25, 0.3) is 22.0 Å². The average molecular weight is 320 g/mol. The number of halogens is 1. The van der Waals surface area contributed by atoms with E-state index >= 15 is 0 Å². The van der Waals surface area contributed by atoms with E-state index in [0.29, 0.717) is 0 Å². The summed E-state index contributed by atoms with van der Waals surface area (Å²) in [6.07, 6.45) is 1.67. The van der Waals surface area contributed by atoms with Crippen LogP contribution in [-0.4, -0.2) is 4.98 Å². The van der Waals surface area contributed by atoms with Gasteiger partial charge in [-0.1, -0.05) is 34.1 Å². The Morgan fingerprint density at radius 3 is 2.72 bits per heavy atom. The largest absolute Gasteiger partial charge is 0.462 e. The normalized spacial score (nSPS) is 10.8. The van der Waals surface area contributed by atoms with E-state index in [-0.39, 0.29) is 0 Å². The van der Waals surface area contributed by atoms with Crippen molar-refractivity contribution in [2.45, 2.75) is 6.92 Å². The van der Waals surface area contributed by atoms with Crippen LogP contribution in [0, 0.1) is 6.92 Å². The number of thiazole rings is 1. The van der Waals surface area contributed by atoms with Gasteiger partial charge in [0.15, 0.2) is 10.8 Å². The van der Waals surface area contributed by atoms with E-state index < -0.39 is 0 Å². The molecule has 0 aliphatic carbocycles. The van der Waals surface area contributed by atoms with Gasteiger partial charge in [-0.15, -0.1) is 11.3 Å². The first-order valence-electron chi connectivity index (χ1n) is 5.52. The monoisotopic (exact) mass is 319 g/mol. The molecule has 1 aromatic carbocycles. The van der Waals surface area contributed by atoms with Crippen LogP contribution in [0.3, 0.4) is 0 Å². The first kappa shape index (κ1) is 11.7. The molecule has 0 saturated carbocycles. The number of furan rings is 1. The van der Waals surface area contributed by atoms with Crippen molar-refractivity contribution in [2.75, 3.05) is 0 Å². The number of nitrogens with zero attached hydrogens (tertiary/aromatic N) is 1. The van der Waals surface area contributed by atoms with Crippen LogP contribution in [0.1, 0.15) is 4.88 Å². The summed E-state index contributed by atoms with van der Waals surface area (Å²) in [4.78, 5) is 5.87. The highest BCUT2D eigenvalue weighted by Gasteiger charge is 2.14. The molecule has 0 N–H and O–H groups in total. The molecule has 0 aliphatic rings. The summed E-state index contributed by atoms with van der Waals surface area (Å²) in [5.41, 5.74) is 2.13. The quantitative estimate of drug-likeness (QED) is 0.653. The highest BCUT2D eigenvalue weighted by atomic mass is 79.9. The van der Waals surface area contributed by atoms with Crippen LogP contribution in [0.4, 0.5) is 0 Å². The van der Waals surface area contributed by atoms with Crippen molar-refractivity contribution in [2.24, 2.45) is 0 Å². The summed E-state index contributed by atoms with van der Waals surface area (Å²) in [7, 11) is 0. The van der Waals surface area contributed by atoms with E-state index in [1.165, 1.54) is 4.88 Å². The maximum Gasteiger partial charge on any atom is 0.162 e. The van der Waals surface area contributed by atoms with Crippen LogP contribution in [-0.2, 0) is 0 Å². The van der Waals surface area contributed by atoms with Crippen molar-refractivity contribution in [1.82, 2.24) is 4.98 Å². The zero-order valence-electron chi connectivity index (χ0n) is 9.68. The van der Waals surface area contributed by atoms with Gasteiger partial charge in [-0.05, 0) is 25.1 Å². The third-order valence-corrected chi connectivity index (χ3v) is 4.33. The molecular weight excluding hydrogens is 310 g/mol. The van der Waals surface area contributed by atoms with Gasteiger partial charge in [-0.25, -0.2) is 4.98 Å². The molecular formula is C14H10BrNOS. The van der Waals surface area contributed by atoms with Gasteiger partial charge in [0.2, 0.25) is 0 Å². The zero-order valence-corrected chi connectivity index (χ0v) is 12.1. The topological polar surface area (TPSA) is 26.0 Å². The third-order valence-electron chi connectivity index (χ3n) is 2.66. The van der Waals surface area contributed by atoms with E-state index in [1.54, 1.807) is 17.6 Å². The minimum absolute atomic E-state index is 0.821. The van der Waals surface area contributed by atoms with Gasteiger partial charge in [0.1, 0.15) is 0 Å². The Kier molecular flexibility index (Phi) is 3.06. The summed E-state index contributed by atoms with van der Waals surface area (Å²) in [6, 6.07) is 11.9. The van der Waals surface area contributed by atoms with Crippen molar-refractivity contribution < 1.29 is 4.42 Å². The van der Waals surface area contributed by atoms with Gasteiger partial charge < -0.3 is 4.42 Å².